The summed E-state index contributed by atoms with van der Waals surface area (Å²) in [5.41, 5.74) is 0. The molecule has 1 aliphatic rings. The molecule has 1 saturated heterocycles. The summed E-state index contributed by atoms with van der Waals surface area (Å²) < 4.78 is 10.0. The van der Waals surface area contributed by atoms with Crippen LogP contribution in [0, 0.1) is 0 Å². The Bertz CT molecular complexity index is 517. The molecule has 7 heteroatoms. The molecule has 0 saturated carbocycles. The van der Waals surface area contributed by atoms with Crippen molar-refractivity contribution in [1.29, 1.82) is 0 Å². The summed E-state index contributed by atoms with van der Waals surface area (Å²) in [6, 6.07) is 7.95. The van der Waals surface area contributed by atoms with Crippen LogP contribution < -0.4 is 15.4 Å². The van der Waals surface area contributed by atoms with Gasteiger partial charge in [-0.3, -0.25) is 14.4 Å². The smallest absolute Gasteiger partial charge is 0.304 e. The number of para-hydroxylation sites is 1. The van der Waals surface area contributed by atoms with Gasteiger partial charge in [-0.2, -0.15) is 0 Å². The molecule has 0 aromatic heterocycles. The minimum atomic E-state index is -0.870. The van der Waals surface area contributed by atoms with Crippen LogP contribution in [-0.2, 0) is 19.1 Å². The molecule has 1 aliphatic heterocycles. The van der Waals surface area contributed by atoms with E-state index in [9.17, 15) is 14.4 Å². The zero-order valence-electron chi connectivity index (χ0n) is 10.8. The molecule has 2 rings (SSSR count). The summed E-state index contributed by atoms with van der Waals surface area (Å²) in [4.78, 5) is 33.7. The van der Waals surface area contributed by atoms with Gasteiger partial charge < -0.3 is 20.1 Å². The zero-order valence-corrected chi connectivity index (χ0v) is 10.8. The molecule has 0 aliphatic carbocycles. The van der Waals surface area contributed by atoms with Crippen LogP contribution in [0.4, 0.5) is 0 Å². The SMILES string of the molecule is CC(=O)OC1NC(=O)C1NC(=O)COc1ccccc1. The first kappa shape index (κ1) is 13.9. The highest BCUT2D eigenvalue weighted by molar-refractivity contribution is 5.93. The van der Waals surface area contributed by atoms with Crippen molar-refractivity contribution in [3.63, 3.8) is 0 Å². The third kappa shape index (κ3) is 3.47. The third-order valence-electron chi connectivity index (χ3n) is 2.59. The van der Waals surface area contributed by atoms with Crippen molar-refractivity contribution in [2.24, 2.45) is 0 Å². The number of β-lactam (4-membered cyclic amide) rings is 1. The van der Waals surface area contributed by atoms with Crippen LogP contribution >= 0.6 is 0 Å². The first-order valence-electron chi connectivity index (χ1n) is 6.01. The van der Waals surface area contributed by atoms with E-state index in [2.05, 4.69) is 10.6 Å². The number of carbonyl (C=O) groups excluding carboxylic acids is 3. The summed E-state index contributed by atoms with van der Waals surface area (Å²) in [6.45, 7) is 1.00. The molecule has 0 bridgehead atoms. The normalized spacial score (nSPS) is 20.4. The van der Waals surface area contributed by atoms with E-state index in [0.29, 0.717) is 5.75 Å². The molecule has 1 fully saturated rings. The van der Waals surface area contributed by atoms with Gasteiger partial charge in [0.1, 0.15) is 5.75 Å². The predicted octanol–water partition coefficient (Wildman–Crippen LogP) is -0.431. The van der Waals surface area contributed by atoms with Gasteiger partial charge in [0.05, 0.1) is 0 Å². The molecule has 0 spiro atoms. The van der Waals surface area contributed by atoms with Gasteiger partial charge in [0.2, 0.25) is 6.23 Å². The van der Waals surface area contributed by atoms with E-state index in [0.717, 1.165) is 0 Å². The molecule has 106 valence electrons. The van der Waals surface area contributed by atoms with Gasteiger partial charge in [-0.1, -0.05) is 18.2 Å². The van der Waals surface area contributed by atoms with E-state index in [1.807, 2.05) is 6.07 Å². The van der Waals surface area contributed by atoms with Crippen molar-refractivity contribution in [3.05, 3.63) is 30.3 Å². The average Bonchev–Trinajstić information content (AvgIpc) is 2.43. The van der Waals surface area contributed by atoms with Gasteiger partial charge in [0.15, 0.2) is 12.6 Å². The van der Waals surface area contributed by atoms with Crippen LogP contribution in [0.5, 0.6) is 5.75 Å². The Hall–Kier alpha value is -2.57. The number of ether oxygens (including phenoxy) is 2. The van der Waals surface area contributed by atoms with Crippen molar-refractivity contribution in [2.75, 3.05) is 6.61 Å². The number of hydrogen-bond donors (Lipinski definition) is 2. The summed E-state index contributed by atoms with van der Waals surface area (Å²) >= 11 is 0. The van der Waals surface area contributed by atoms with E-state index < -0.39 is 30.1 Å². The number of benzene rings is 1. The number of rotatable bonds is 5. The first-order chi connectivity index (χ1) is 9.56. The quantitative estimate of drug-likeness (QED) is 0.563. The Kier molecular flexibility index (Phi) is 4.19. The Balaban J connectivity index is 1.79. The third-order valence-corrected chi connectivity index (χ3v) is 2.59. The van der Waals surface area contributed by atoms with Crippen LogP contribution in [0.2, 0.25) is 0 Å². The summed E-state index contributed by atoms with van der Waals surface area (Å²) in [6.07, 6.45) is -0.819. The molecule has 2 N–H and O–H groups in total. The maximum Gasteiger partial charge on any atom is 0.304 e. The Morgan fingerprint density at radius 2 is 2.00 bits per heavy atom. The molecule has 7 nitrogen and oxygen atoms in total. The van der Waals surface area contributed by atoms with E-state index in [-0.39, 0.29) is 6.61 Å². The van der Waals surface area contributed by atoms with Gasteiger partial charge in [0.25, 0.3) is 11.8 Å². The lowest BCUT2D eigenvalue weighted by Crippen LogP contribution is -2.70. The predicted molar refractivity (Wildman–Crippen MR) is 67.6 cm³/mol. The van der Waals surface area contributed by atoms with E-state index in [4.69, 9.17) is 9.47 Å². The first-order valence-corrected chi connectivity index (χ1v) is 6.01. The zero-order chi connectivity index (χ0) is 14.5. The number of esters is 1. The second kappa shape index (κ2) is 6.05. The Morgan fingerprint density at radius 1 is 1.30 bits per heavy atom. The fraction of sp³-hybridized carbons (Fsp3) is 0.308. The molecule has 2 amide bonds. The number of hydrogen-bond acceptors (Lipinski definition) is 5. The maximum absolute atomic E-state index is 11.6. The highest BCUT2D eigenvalue weighted by Crippen LogP contribution is 2.10. The fourth-order valence-corrected chi connectivity index (χ4v) is 1.65. The van der Waals surface area contributed by atoms with Crippen molar-refractivity contribution >= 4 is 17.8 Å². The Labute approximate surface area is 115 Å². The van der Waals surface area contributed by atoms with Crippen molar-refractivity contribution in [2.45, 2.75) is 19.2 Å². The second-order valence-corrected chi connectivity index (χ2v) is 4.19. The lowest BCUT2D eigenvalue weighted by molar-refractivity contribution is -0.164. The number of amides is 2. The van der Waals surface area contributed by atoms with Crippen LogP contribution in [0.1, 0.15) is 6.92 Å². The standard InChI is InChI=1S/C13H14N2O5/c1-8(16)20-13-11(12(18)15-13)14-10(17)7-19-9-5-3-2-4-6-9/h2-6,11,13H,7H2,1H3,(H,14,17)(H,15,18). The van der Waals surface area contributed by atoms with Gasteiger partial charge in [-0.25, -0.2) is 0 Å². The molecule has 1 heterocycles. The summed E-state index contributed by atoms with van der Waals surface area (Å²) in [5.74, 6) is -0.845. The number of carbonyl (C=O) groups is 3. The van der Waals surface area contributed by atoms with Crippen molar-refractivity contribution < 1.29 is 23.9 Å². The molecule has 20 heavy (non-hydrogen) atoms. The van der Waals surface area contributed by atoms with Crippen LogP contribution in [-0.4, -0.2) is 36.7 Å². The van der Waals surface area contributed by atoms with Gasteiger partial charge >= 0.3 is 5.97 Å². The molecule has 2 unspecified atom stereocenters. The van der Waals surface area contributed by atoms with Crippen LogP contribution in [0.25, 0.3) is 0 Å². The Morgan fingerprint density at radius 3 is 2.60 bits per heavy atom. The largest absolute Gasteiger partial charge is 0.484 e. The number of nitrogens with one attached hydrogen (secondary N) is 2. The van der Waals surface area contributed by atoms with E-state index in [1.165, 1.54) is 6.92 Å². The summed E-state index contributed by atoms with van der Waals surface area (Å²) in [5, 5.41) is 4.80. The molecule has 1 aromatic rings. The monoisotopic (exact) mass is 278 g/mol. The minimum absolute atomic E-state index is 0.222. The molecule has 0 radical (unpaired) electrons. The molecular formula is C13H14N2O5. The lowest BCUT2D eigenvalue weighted by atomic mass is 10.1. The van der Waals surface area contributed by atoms with Crippen molar-refractivity contribution in [3.8, 4) is 5.75 Å². The topological polar surface area (TPSA) is 93.7 Å². The fourth-order valence-electron chi connectivity index (χ4n) is 1.65. The molecule has 2 atom stereocenters. The molecule has 1 aromatic carbocycles. The van der Waals surface area contributed by atoms with Gasteiger partial charge in [0, 0.05) is 6.92 Å². The van der Waals surface area contributed by atoms with E-state index >= 15 is 0 Å². The van der Waals surface area contributed by atoms with Crippen molar-refractivity contribution in [1.82, 2.24) is 10.6 Å². The minimum Gasteiger partial charge on any atom is -0.484 e. The lowest BCUT2D eigenvalue weighted by Gasteiger charge is -2.35. The van der Waals surface area contributed by atoms with Gasteiger partial charge in [-0.15, -0.1) is 0 Å². The van der Waals surface area contributed by atoms with Gasteiger partial charge in [-0.05, 0) is 12.1 Å². The molecular weight excluding hydrogens is 264 g/mol. The van der Waals surface area contributed by atoms with Crippen LogP contribution in [0.15, 0.2) is 30.3 Å². The summed E-state index contributed by atoms with van der Waals surface area (Å²) in [7, 11) is 0. The average molecular weight is 278 g/mol. The maximum atomic E-state index is 11.6. The van der Waals surface area contributed by atoms with Crippen LogP contribution in [0.3, 0.4) is 0 Å². The van der Waals surface area contributed by atoms with E-state index in [1.54, 1.807) is 24.3 Å². The highest BCUT2D eigenvalue weighted by atomic mass is 16.6. The second-order valence-electron chi connectivity index (χ2n) is 4.19. The highest BCUT2D eigenvalue weighted by Gasteiger charge is 2.42.